The van der Waals surface area contributed by atoms with Crippen LogP contribution in [0.2, 0.25) is 0 Å². The average Bonchev–Trinajstić information content (AvgIpc) is 2.42. The average molecular weight is 254 g/mol. The predicted octanol–water partition coefficient (Wildman–Crippen LogP) is 3.05. The van der Waals surface area contributed by atoms with E-state index in [-0.39, 0.29) is 0 Å². The largest absolute Gasteiger partial charge is 0.326 e. The number of aryl methyl sites for hydroxylation is 2. The third-order valence-corrected chi connectivity index (χ3v) is 3.40. The maximum absolute atomic E-state index is 5.59. The molecule has 0 amide bonds. The van der Waals surface area contributed by atoms with Gasteiger partial charge in [-0.25, -0.2) is 0 Å². The molecule has 0 aliphatic carbocycles. The first-order valence-corrected chi connectivity index (χ1v) is 6.74. The molecule has 3 N–H and O–H groups in total. The Morgan fingerprint density at radius 2 is 1.58 bits per heavy atom. The smallest absolute Gasteiger partial charge is 0.0211 e. The van der Waals surface area contributed by atoms with Crippen LogP contribution >= 0.6 is 0 Å². The second-order valence-corrected chi connectivity index (χ2v) is 5.05. The van der Waals surface area contributed by atoms with Gasteiger partial charge in [-0.2, -0.15) is 0 Å². The molecule has 2 aromatic rings. The topological polar surface area (TPSA) is 38.0 Å². The second kappa shape index (κ2) is 6.50. The number of nitrogens with two attached hydrogens (primary N) is 1. The number of benzene rings is 2. The van der Waals surface area contributed by atoms with E-state index in [1.807, 2.05) is 0 Å². The molecule has 0 radical (unpaired) electrons. The molecule has 0 heterocycles. The van der Waals surface area contributed by atoms with Gasteiger partial charge in [-0.3, -0.25) is 0 Å². The Kier molecular flexibility index (Phi) is 4.72. The monoisotopic (exact) mass is 254 g/mol. The van der Waals surface area contributed by atoms with Gasteiger partial charge in [0.15, 0.2) is 0 Å². The quantitative estimate of drug-likeness (QED) is 0.860. The molecule has 0 fully saturated rings. The molecule has 2 aromatic carbocycles. The van der Waals surface area contributed by atoms with Crippen LogP contribution in [0.25, 0.3) is 0 Å². The second-order valence-electron chi connectivity index (χ2n) is 5.05. The van der Waals surface area contributed by atoms with Crippen LogP contribution in [0, 0.1) is 13.8 Å². The molecule has 0 atom stereocenters. The summed E-state index contributed by atoms with van der Waals surface area (Å²) in [5.41, 5.74) is 12.1. The number of hydrogen-bond donors (Lipinski definition) is 2. The molecule has 0 saturated carbocycles. The van der Waals surface area contributed by atoms with E-state index in [9.17, 15) is 0 Å². The summed E-state index contributed by atoms with van der Waals surface area (Å²) >= 11 is 0. The summed E-state index contributed by atoms with van der Waals surface area (Å²) in [6, 6.07) is 15.1. The van der Waals surface area contributed by atoms with Gasteiger partial charge in [0.05, 0.1) is 0 Å². The van der Waals surface area contributed by atoms with Crippen molar-refractivity contribution in [2.45, 2.75) is 33.5 Å². The van der Waals surface area contributed by atoms with Crippen LogP contribution in [0.4, 0.5) is 0 Å². The summed E-state index contributed by atoms with van der Waals surface area (Å²) in [5.74, 6) is 0. The van der Waals surface area contributed by atoms with Gasteiger partial charge in [0.1, 0.15) is 0 Å². The maximum Gasteiger partial charge on any atom is 0.0211 e. The first kappa shape index (κ1) is 13.8. The molecule has 2 rings (SSSR count). The van der Waals surface area contributed by atoms with E-state index in [1.54, 1.807) is 0 Å². The van der Waals surface area contributed by atoms with Gasteiger partial charge in [-0.05, 0) is 36.1 Å². The van der Waals surface area contributed by atoms with Crippen molar-refractivity contribution in [1.82, 2.24) is 5.32 Å². The molecule has 0 aliphatic heterocycles. The van der Waals surface area contributed by atoms with E-state index in [4.69, 9.17) is 5.73 Å². The van der Waals surface area contributed by atoms with E-state index >= 15 is 0 Å². The fraction of sp³-hybridized carbons (Fsp3) is 0.294. The molecular weight excluding hydrogens is 232 g/mol. The standard InChI is InChI=1S/C17H22N2/c1-13-3-8-17(14(2)9-13)12-19-11-16-6-4-15(10-18)5-7-16/h3-9,19H,10-12,18H2,1-2H3. The van der Waals surface area contributed by atoms with E-state index in [1.165, 1.54) is 27.8 Å². The van der Waals surface area contributed by atoms with Crippen molar-refractivity contribution in [3.63, 3.8) is 0 Å². The zero-order chi connectivity index (χ0) is 13.7. The Bertz CT molecular complexity index is 529. The Morgan fingerprint density at radius 1 is 0.895 bits per heavy atom. The molecule has 2 nitrogen and oxygen atoms in total. The summed E-state index contributed by atoms with van der Waals surface area (Å²) in [7, 11) is 0. The Morgan fingerprint density at radius 3 is 2.21 bits per heavy atom. The SMILES string of the molecule is Cc1ccc(CNCc2ccc(CN)cc2)c(C)c1. The fourth-order valence-corrected chi connectivity index (χ4v) is 2.18. The molecular formula is C17H22N2. The molecule has 0 saturated heterocycles. The minimum Gasteiger partial charge on any atom is -0.326 e. The molecule has 100 valence electrons. The van der Waals surface area contributed by atoms with Crippen LogP contribution in [0.1, 0.15) is 27.8 Å². The van der Waals surface area contributed by atoms with Crippen molar-refractivity contribution in [3.8, 4) is 0 Å². The Labute approximate surface area is 115 Å². The highest BCUT2D eigenvalue weighted by Gasteiger charge is 1.99. The highest BCUT2D eigenvalue weighted by molar-refractivity contribution is 5.30. The lowest BCUT2D eigenvalue weighted by atomic mass is 10.1. The van der Waals surface area contributed by atoms with Crippen LogP contribution in [-0.2, 0) is 19.6 Å². The van der Waals surface area contributed by atoms with Crippen molar-refractivity contribution in [3.05, 3.63) is 70.3 Å². The summed E-state index contributed by atoms with van der Waals surface area (Å²) < 4.78 is 0. The number of hydrogen-bond acceptors (Lipinski definition) is 2. The molecule has 2 heteroatoms. The predicted molar refractivity (Wildman–Crippen MR) is 80.8 cm³/mol. The zero-order valence-corrected chi connectivity index (χ0v) is 11.7. The molecule has 0 spiro atoms. The van der Waals surface area contributed by atoms with Gasteiger partial charge in [-0.15, -0.1) is 0 Å². The first-order valence-electron chi connectivity index (χ1n) is 6.74. The van der Waals surface area contributed by atoms with Crippen molar-refractivity contribution >= 4 is 0 Å². The van der Waals surface area contributed by atoms with Crippen LogP contribution in [0.15, 0.2) is 42.5 Å². The highest BCUT2D eigenvalue weighted by Crippen LogP contribution is 2.10. The Hall–Kier alpha value is -1.64. The van der Waals surface area contributed by atoms with Gasteiger partial charge in [-0.1, -0.05) is 48.0 Å². The normalized spacial score (nSPS) is 10.7. The van der Waals surface area contributed by atoms with Crippen LogP contribution in [0.5, 0.6) is 0 Å². The molecule has 0 aliphatic rings. The lowest BCUT2D eigenvalue weighted by Crippen LogP contribution is -2.13. The van der Waals surface area contributed by atoms with Crippen molar-refractivity contribution in [2.75, 3.05) is 0 Å². The van der Waals surface area contributed by atoms with Crippen LogP contribution < -0.4 is 11.1 Å². The van der Waals surface area contributed by atoms with Gasteiger partial charge in [0.2, 0.25) is 0 Å². The van der Waals surface area contributed by atoms with Crippen LogP contribution in [-0.4, -0.2) is 0 Å². The molecule has 0 aromatic heterocycles. The summed E-state index contributed by atoms with van der Waals surface area (Å²) in [6.45, 7) is 6.70. The summed E-state index contributed by atoms with van der Waals surface area (Å²) in [4.78, 5) is 0. The minimum atomic E-state index is 0.607. The van der Waals surface area contributed by atoms with E-state index < -0.39 is 0 Å². The minimum absolute atomic E-state index is 0.607. The molecule has 0 bridgehead atoms. The van der Waals surface area contributed by atoms with Crippen molar-refractivity contribution in [1.29, 1.82) is 0 Å². The lowest BCUT2D eigenvalue weighted by Gasteiger charge is -2.09. The Balaban J connectivity index is 1.88. The fourth-order valence-electron chi connectivity index (χ4n) is 2.18. The van der Waals surface area contributed by atoms with E-state index in [0.29, 0.717) is 6.54 Å². The van der Waals surface area contributed by atoms with Gasteiger partial charge in [0.25, 0.3) is 0 Å². The lowest BCUT2D eigenvalue weighted by molar-refractivity contribution is 0.690. The van der Waals surface area contributed by atoms with Crippen LogP contribution in [0.3, 0.4) is 0 Å². The van der Waals surface area contributed by atoms with Crippen molar-refractivity contribution in [2.24, 2.45) is 5.73 Å². The third kappa shape index (κ3) is 3.91. The van der Waals surface area contributed by atoms with Gasteiger partial charge < -0.3 is 11.1 Å². The first-order chi connectivity index (χ1) is 9.19. The zero-order valence-electron chi connectivity index (χ0n) is 11.7. The maximum atomic E-state index is 5.59. The summed E-state index contributed by atoms with van der Waals surface area (Å²) in [6.07, 6.45) is 0. The van der Waals surface area contributed by atoms with Gasteiger partial charge >= 0.3 is 0 Å². The van der Waals surface area contributed by atoms with E-state index in [2.05, 4.69) is 61.6 Å². The number of nitrogens with one attached hydrogen (secondary N) is 1. The highest BCUT2D eigenvalue weighted by atomic mass is 14.8. The van der Waals surface area contributed by atoms with E-state index in [0.717, 1.165) is 13.1 Å². The summed E-state index contributed by atoms with van der Waals surface area (Å²) in [5, 5.41) is 3.48. The molecule has 0 unspecified atom stereocenters. The van der Waals surface area contributed by atoms with Crippen molar-refractivity contribution < 1.29 is 0 Å². The van der Waals surface area contributed by atoms with Gasteiger partial charge in [0, 0.05) is 19.6 Å². The third-order valence-electron chi connectivity index (χ3n) is 3.40. The molecule has 19 heavy (non-hydrogen) atoms. The number of rotatable bonds is 5.